The Labute approximate surface area is 168 Å². The highest BCUT2D eigenvalue weighted by atomic mass is 32.1. The largest absolute Gasteiger partial charge is 0.466 e. The van der Waals surface area contributed by atoms with Crippen molar-refractivity contribution in [2.45, 2.75) is 26.7 Å². The van der Waals surface area contributed by atoms with Crippen molar-refractivity contribution < 1.29 is 14.0 Å². The number of nitrogens with zero attached hydrogens (tertiary/aromatic N) is 2. The van der Waals surface area contributed by atoms with Crippen LogP contribution in [-0.4, -0.2) is 23.2 Å². The fourth-order valence-corrected chi connectivity index (χ4v) is 3.79. The predicted octanol–water partition coefficient (Wildman–Crippen LogP) is 5.07. The normalized spacial score (nSPS) is 10.6. The number of carbonyl (C=O) groups is 2. The summed E-state index contributed by atoms with van der Waals surface area (Å²) in [5, 5.41) is 2.59. The van der Waals surface area contributed by atoms with E-state index in [2.05, 4.69) is 11.6 Å². The third-order valence-corrected chi connectivity index (χ3v) is 5.20. The van der Waals surface area contributed by atoms with Crippen molar-refractivity contribution in [3.63, 3.8) is 0 Å². The Balaban J connectivity index is 1.72. The molecule has 0 saturated heterocycles. The SMILES string of the molecule is C=CCN(C(=O)CCc1cc(C(C)=O)c(C)o1)c1nc(-c2ccccc2)cs1. The molecule has 0 saturated carbocycles. The second-order valence-corrected chi connectivity index (χ2v) is 7.25. The highest BCUT2D eigenvalue weighted by Crippen LogP contribution is 2.28. The van der Waals surface area contributed by atoms with E-state index in [4.69, 9.17) is 4.42 Å². The Morgan fingerprint density at radius 3 is 2.68 bits per heavy atom. The molecule has 0 fully saturated rings. The van der Waals surface area contributed by atoms with E-state index in [9.17, 15) is 9.59 Å². The van der Waals surface area contributed by atoms with Crippen LogP contribution in [0.4, 0.5) is 5.13 Å². The minimum atomic E-state index is -0.0627. The van der Waals surface area contributed by atoms with Gasteiger partial charge >= 0.3 is 0 Å². The molecule has 0 spiro atoms. The van der Waals surface area contributed by atoms with E-state index < -0.39 is 0 Å². The molecule has 144 valence electrons. The number of aromatic nitrogens is 1. The summed E-state index contributed by atoms with van der Waals surface area (Å²) in [6.07, 6.45) is 2.38. The molecule has 0 aliphatic heterocycles. The van der Waals surface area contributed by atoms with Crippen LogP contribution in [0.1, 0.15) is 35.2 Å². The first kappa shape index (κ1) is 19.8. The highest BCUT2D eigenvalue weighted by Gasteiger charge is 2.19. The van der Waals surface area contributed by atoms with E-state index in [1.165, 1.54) is 18.3 Å². The lowest BCUT2D eigenvalue weighted by molar-refractivity contribution is -0.118. The minimum absolute atomic E-state index is 0.0386. The Hall–Kier alpha value is -2.99. The zero-order valence-corrected chi connectivity index (χ0v) is 16.8. The van der Waals surface area contributed by atoms with E-state index in [1.807, 2.05) is 35.7 Å². The predicted molar refractivity (Wildman–Crippen MR) is 112 cm³/mol. The highest BCUT2D eigenvalue weighted by molar-refractivity contribution is 7.14. The van der Waals surface area contributed by atoms with E-state index in [1.54, 1.807) is 24.0 Å². The standard InChI is InChI=1S/C22H22N2O3S/c1-4-12-24(22-23-20(14-28-22)17-8-6-5-7-9-17)21(26)11-10-18-13-19(15(2)25)16(3)27-18/h4-9,13-14H,1,10-12H2,2-3H3. The lowest BCUT2D eigenvalue weighted by atomic mass is 10.1. The zero-order valence-electron chi connectivity index (χ0n) is 16.0. The molecule has 0 atom stereocenters. The summed E-state index contributed by atoms with van der Waals surface area (Å²) in [7, 11) is 0. The van der Waals surface area contributed by atoms with Gasteiger partial charge in [0.15, 0.2) is 10.9 Å². The van der Waals surface area contributed by atoms with Crippen LogP contribution in [-0.2, 0) is 11.2 Å². The molecule has 3 aromatic rings. The van der Waals surface area contributed by atoms with E-state index in [0.717, 1.165) is 11.3 Å². The molecule has 2 heterocycles. The van der Waals surface area contributed by atoms with Crippen LogP contribution in [0.2, 0.25) is 0 Å². The van der Waals surface area contributed by atoms with Gasteiger partial charge in [-0.2, -0.15) is 0 Å². The number of thiazole rings is 1. The van der Waals surface area contributed by atoms with Crippen molar-refractivity contribution >= 4 is 28.2 Å². The summed E-state index contributed by atoms with van der Waals surface area (Å²) in [4.78, 5) is 30.6. The molecule has 0 unspecified atom stereocenters. The zero-order chi connectivity index (χ0) is 20.1. The fraction of sp³-hybridized carbons (Fsp3) is 0.227. The quantitative estimate of drug-likeness (QED) is 0.395. The lowest BCUT2D eigenvalue weighted by Gasteiger charge is -2.17. The summed E-state index contributed by atoms with van der Waals surface area (Å²) >= 11 is 1.43. The van der Waals surface area contributed by atoms with Crippen molar-refractivity contribution in [2.24, 2.45) is 0 Å². The van der Waals surface area contributed by atoms with Crippen molar-refractivity contribution in [1.29, 1.82) is 0 Å². The van der Waals surface area contributed by atoms with Gasteiger partial charge in [0.25, 0.3) is 0 Å². The van der Waals surface area contributed by atoms with Gasteiger partial charge in [-0.3, -0.25) is 14.5 Å². The maximum absolute atomic E-state index is 12.8. The molecule has 1 amide bonds. The molecular formula is C22H22N2O3S. The van der Waals surface area contributed by atoms with E-state index >= 15 is 0 Å². The molecule has 0 aliphatic carbocycles. The number of ketones is 1. The van der Waals surface area contributed by atoms with Gasteiger partial charge in [-0.25, -0.2) is 4.98 Å². The third-order valence-electron chi connectivity index (χ3n) is 4.34. The molecule has 3 rings (SSSR count). The first-order valence-electron chi connectivity index (χ1n) is 9.02. The van der Waals surface area contributed by atoms with Crippen LogP contribution in [0, 0.1) is 6.92 Å². The number of hydrogen-bond acceptors (Lipinski definition) is 5. The molecule has 1 aromatic carbocycles. The number of rotatable bonds is 8. The van der Waals surface area contributed by atoms with Crippen LogP contribution in [0.3, 0.4) is 0 Å². The molecule has 5 nitrogen and oxygen atoms in total. The number of furan rings is 1. The average molecular weight is 394 g/mol. The van der Waals surface area contributed by atoms with Crippen LogP contribution >= 0.6 is 11.3 Å². The number of anilines is 1. The first-order valence-corrected chi connectivity index (χ1v) is 9.90. The van der Waals surface area contributed by atoms with Crippen molar-refractivity contribution in [2.75, 3.05) is 11.4 Å². The van der Waals surface area contributed by atoms with Crippen LogP contribution < -0.4 is 4.90 Å². The Bertz CT molecular complexity index is 988. The summed E-state index contributed by atoms with van der Waals surface area (Å²) in [6.45, 7) is 7.40. The van der Waals surface area contributed by atoms with Gasteiger partial charge in [0, 0.05) is 30.3 Å². The maximum Gasteiger partial charge on any atom is 0.229 e. The minimum Gasteiger partial charge on any atom is -0.466 e. The van der Waals surface area contributed by atoms with Crippen LogP contribution in [0.25, 0.3) is 11.3 Å². The monoisotopic (exact) mass is 394 g/mol. The molecule has 0 N–H and O–H groups in total. The van der Waals surface area contributed by atoms with Gasteiger partial charge in [0.2, 0.25) is 5.91 Å². The van der Waals surface area contributed by atoms with Gasteiger partial charge < -0.3 is 4.42 Å². The van der Waals surface area contributed by atoms with Gasteiger partial charge in [0.1, 0.15) is 11.5 Å². The summed E-state index contributed by atoms with van der Waals surface area (Å²) in [5.41, 5.74) is 2.42. The van der Waals surface area contributed by atoms with Crippen molar-refractivity contribution in [3.8, 4) is 11.3 Å². The number of amides is 1. The van der Waals surface area contributed by atoms with Gasteiger partial charge in [0.05, 0.1) is 11.3 Å². The van der Waals surface area contributed by atoms with Crippen LogP contribution in [0.15, 0.2) is 58.9 Å². The molecule has 6 heteroatoms. The number of carbonyl (C=O) groups excluding carboxylic acids is 2. The maximum atomic E-state index is 12.8. The summed E-state index contributed by atoms with van der Waals surface area (Å²) in [5.74, 6) is 1.12. The number of benzene rings is 1. The summed E-state index contributed by atoms with van der Waals surface area (Å²) < 4.78 is 5.61. The lowest BCUT2D eigenvalue weighted by Crippen LogP contribution is -2.31. The Kier molecular flexibility index (Phi) is 6.21. The van der Waals surface area contributed by atoms with Gasteiger partial charge in [-0.1, -0.05) is 36.4 Å². The number of Topliss-reactive ketones (excluding diaryl/α,β-unsaturated/α-hetero) is 1. The molecular weight excluding hydrogens is 372 g/mol. The molecule has 0 radical (unpaired) electrons. The van der Waals surface area contributed by atoms with Crippen molar-refractivity contribution in [1.82, 2.24) is 4.98 Å². The van der Waals surface area contributed by atoms with Gasteiger partial charge in [-0.05, 0) is 19.9 Å². The van der Waals surface area contributed by atoms with E-state index in [0.29, 0.717) is 35.2 Å². The molecule has 2 aromatic heterocycles. The second kappa shape index (κ2) is 8.80. The third kappa shape index (κ3) is 4.46. The van der Waals surface area contributed by atoms with Crippen LogP contribution in [0.5, 0.6) is 0 Å². The fourth-order valence-electron chi connectivity index (χ4n) is 2.93. The smallest absolute Gasteiger partial charge is 0.229 e. The Morgan fingerprint density at radius 1 is 1.29 bits per heavy atom. The molecule has 0 aliphatic rings. The van der Waals surface area contributed by atoms with Crippen molar-refractivity contribution in [3.05, 3.63) is 71.5 Å². The molecule has 28 heavy (non-hydrogen) atoms. The van der Waals surface area contributed by atoms with E-state index in [-0.39, 0.29) is 18.1 Å². The second-order valence-electron chi connectivity index (χ2n) is 6.41. The first-order chi connectivity index (χ1) is 13.5. The summed E-state index contributed by atoms with van der Waals surface area (Å²) in [6, 6.07) is 11.6. The Morgan fingerprint density at radius 2 is 2.04 bits per heavy atom. The molecule has 0 bridgehead atoms. The number of hydrogen-bond donors (Lipinski definition) is 0. The van der Waals surface area contributed by atoms with Gasteiger partial charge in [-0.15, -0.1) is 17.9 Å². The topological polar surface area (TPSA) is 63.4 Å². The number of aryl methyl sites for hydroxylation is 2. The average Bonchev–Trinajstić information content (AvgIpc) is 3.32.